The van der Waals surface area contributed by atoms with Crippen LogP contribution in [0.25, 0.3) is 0 Å². The van der Waals surface area contributed by atoms with Crippen LogP contribution in [-0.4, -0.2) is 30.2 Å². The SMILES string of the molecule is CC(C)(N)CNC(=O)C1(C)CCCO1. The fourth-order valence-electron chi connectivity index (χ4n) is 1.45. The van der Waals surface area contributed by atoms with Crippen molar-refractivity contribution in [1.82, 2.24) is 5.32 Å². The molecule has 1 aliphatic rings. The molecule has 0 aromatic rings. The normalized spacial score (nSPS) is 27.7. The molecular formula is C10H20N2O2. The third-order valence-electron chi connectivity index (χ3n) is 2.40. The Kier molecular flexibility index (Phi) is 3.17. The summed E-state index contributed by atoms with van der Waals surface area (Å²) in [4.78, 5) is 11.7. The summed E-state index contributed by atoms with van der Waals surface area (Å²) in [6.45, 7) is 6.75. The van der Waals surface area contributed by atoms with Gasteiger partial charge in [-0.05, 0) is 33.6 Å². The molecule has 0 aromatic heterocycles. The molecule has 0 aromatic carbocycles. The van der Waals surface area contributed by atoms with Crippen molar-refractivity contribution < 1.29 is 9.53 Å². The highest BCUT2D eigenvalue weighted by molar-refractivity contribution is 5.85. The maximum absolute atomic E-state index is 11.7. The van der Waals surface area contributed by atoms with Gasteiger partial charge in [0.15, 0.2) is 0 Å². The zero-order chi connectivity index (χ0) is 10.8. The van der Waals surface area contributed by atoms with Crippen molar-refractivity contribution in [3.8, 4) is 0 Å². The van der Waals surface area contributed by atoms with E-state index < -0.39 is 5.60 Å². The Labute approximate surface area is 85.2 Å². The first-order chi connectivity index (χ1) is 6.33. The van der Waals surface area contributed by atoms with Gasteiger partial charge in [0.2, 0.25) is 0 Å². The van der Waals surface area contributed by atoms with Gasteiger partial charge in [0.25, 0.3) is 5.91 Å². The van der Waals surface area contributed by atoms with Gasteiger partial charge in [-0.25, -0.2) is 0 Å². The molecule has 0 bridgehead atoms. The number of rotatable bonds is 3. The fourth-order valence-corrected chi connectivity index (χ4v) is 1.45. The van der Waals surface area contributed by atoms with E-state index in [2.05, 4.69) is 5.32 Å². The average molecular weight is 200 g/mol. The lowest BCUT2D eigenvalue weighted by Crippen LogP contribution is -2.51. The third kappa shape index (κ3) is 2.96. The van der Waals surface area contributed by atoms with E-state index in [1.807, 2.05) is 20.8 Å². The predicted molar refractivity (Wildman–Crippen MR) is 54.9 cm³/mol. The molecule has 0 aliphatic carbocycles. The third-order valence-corrected chi connectivity index (χ3v) is 2.40. The van der Waals surface area contributed by atoms with Crippen molar-refractivity contribution in [2.24, 2.45) is 5.73 Å². The van der Waals surface area contributed by atoms with Crippen LogP contribution in [0.15, 0.2) is 0 Å². The monoisotopic (exact) mass is 200 g/mol. The molecule has 0 saturated carbocycles. The number of carbonyl (C=O) groups excluding carboxylic acids is 1. The molecule has 82 valence electrons. The number of hydrogen-bond donors (Lipinski definition) is 2. The van der Waals surface area contributed by atoms with Crippen LogP contribution in [0.4, 0.5) is 0 Å². The van der Waals surface area contributed by atoms with Crippen LogP contribution in [0, 0.1) is 0 Å². The second-order valence-electron chi connectivity index (χ2n) is 4.85. The lowest BCUT2D eigenvalue weighted by Gasteiger charge is -2.25. The Balaban J connectivity index is 2.42. The molecule has 4 nitrogen and oxygen atoms in total. The Morgan fingerprint density at radius 3 is 2.71 bits per heavy atom. The summed E-state index contributed by atoms with van der Waals surface area (Å²) >= 11 is 0. The molecule has 1 aliphatic heterocycles. The predicted octanol–water partition coefficient (Wildman–Crippen LogP) is 0.409. The van der Waals surface area contributed by atoms with Crippen molar-refractivity contribution in [2.45, 2.75) is 44.8 Å². The molecule has 4 heteroatoms. The van der Waals surface area contributed by atoms with Crippen LogP contribution in [0.5, 0.6) is 0 Å². The highest BCUT2D eigenvalue weighted by Crippen LogP contribution is 2.24. The Morgan fingerprint density at radius 1 is 1.64 bits per heavy atom. The number of amides is 1. The second-order valence-corrected chi connectivity index (χ2v) is 4.85. The second kappa shape index (κ2) is 3.87. The first-order valence-electron chi connectivity index (χ1n) is 5.05. The summed E-state index contributed by atoms with van der Waals surface area (Å²) in [6, 6.07) is 0. The van der Waals surface area contributed by atoms with E-state index in [0.717, 1.165) is 12.8 Å². The topological polar surface area (TPSA) is 64.3 Å². The molecule has 0 spiro atoms. The van der Waals surface area contributed by atoms with Crippen LogP contribution >= 0.6 is 0 Å². The van der Waals surface area contributed by atoms with E-state index in [0.29, 0.717) is 13.2 Å². The number of hydrogen-bond acceptors (Lipinski definition) is 3. The minimum absolute atomic E-state index is 0.0477. The molecule has 1 atom stereocenters. The van der Waals surface area contributed by atoms with E-state index in [9.17, 15) is 4.79 Å². The van der Waals surface area contributed by atoms with Gasteiger partial charge in [0.05, 0.1) is 0 Å². The highest BCUT2D eigenvalue weighted by Gasteiger charge is 2.37. The van der Waals surface area contributed by atoms with Crippen LogP contribution in [0.3, 0.4) is 0 Å². The van der Waals surface area contributed by atoms with Gasteiger partial charge in [0, 0.05) is 18.7 Å². The minimum atomic E-state index is -0.634. The molecule has 1 fully saturated rings. The largest absolute Gasteiger partial charge is 0.365 e. The van der Waals surface area contributed by atoms with E-state index >= 15 is 0 Å². The fraction of sp³-hybridized carbons (Fsp3) is 0.900. The van der Waals surface area contributed by atoms with E-state index in [-0.39, 0.29) is 11.4 Å². The van der Waals surface area contributed by atoms with E-state index in [4.69, 9.17) is 10.5 Å². The smallest absolute Gasteiger partial charge is 0.252 e. The first kappa shape index (κ1) is 11.5. The lowest BCUT2D eigenvalue weighted by molar-refractivity contribution is -0.139. The summed E-state index contributed by atoms with van der Waals surface area (Å²) in [5.74, 6) is -0.0477. The standard InChI is InChI=1S/C10H20N2O2/c1-9(2,11)7-12-8(13)10(3)5-4-6-14-10/h4-7,11H2,1-3H3,(H,12,13). The van der Waals surface area contributed by atoms with Gasteiger partial charge in [-0.15, -0.1) is 0 Å². The minimum Gasteiger partial charge on any atom is -0.365 e. The maximum Gasteiger partial charge on any atom is 0.252 e. The molecule has 1 heterocycles. The molecular weight excluding hydrogens is 180 g/mol. The average Bonchev–Trinajstić information content (AvgIpc) is 2.48. The van der Waals surface area contributed by atoms with E-state index in [1.165, 1.54) is 0 Å². The molecule has 3 N–H and O–H groups in total. The van der Waals surface area contributed by atoms with E-state index in [1.54, 1.807) is 0 Å². The molecule has 14 heavy (non-hydrogen) atoms. The van der Waals surface area contributed by atoms with Gasteiger partial charge >= 0.3 is 0 Å². The molecule has 1 amide bonds. The Bertz CT molecular complexity index is 215. The van der Waals surface area contributed by atoms with Crippen LogP contribution in [0.1, 0.15) is 33.6 Å². The van der Waals surface area contributed by atoms with Crippen molar-refractivity contribution in [3.63, 3.8) is 0 Å². The van der Waals surface area contributed by atoms with Crippen molar-refractivity contribution >= 4 is 5.91 Å². The summed E-state index contributed by atoms with van der Waals surface area (Å²) in [6.07, 6.45) is 1.75. The number of nitrogens with two attached hydrogens (primary N) is 1. The van der Waals surface area contributed by atoms with Crippen LogP contribution in [0.2, 0.25) is 0 Å². The summed E-state index contributed by atoms with van der Waals surface area (Å²) in [5, 5.41) is 2.82. The lowest BCUT2D eigenvalue weighted by atomic mass is 10.0. The quantitative estimate of drug-likeness (QED) is 0.693. The summed E-state index contributed by atoms with van der Waals surface area (Å²) in [5.41, 5.74) is 4.77. The van der Waals surface area contributed by atoms with Gasteiger partial charge in [0.1, 0.15) is 5.60 Å². The Morgan fingerprint density at radius 2 is 2.29 bits per heavy atom. The van der Waals surface area contributed by atoms with Crippen molar-refractivity contribution in [2.75, 3.05) is 13.2 Å². The molecule has 1 saturated heterocycles. The van der Waals surface area contributed by atoms with Gasteiger partial charge < -0.3 is 15.8 Å². The first-order valence-corrected chi connectivity index (χ1v) is 5.05. The van der Waals surface area contributed by atoms with Crippen molar-refractivity contribution in [3.05, 3.63) is 0 Å². The summed E-state index contributed by atoms with van der Waals surface area (Å²) in [7, 11) is 0. The van der Waals surface area contributed by atoms with Gasteiger partial charge in [-0.3, -0.25) is 4.79 Å². The van der Waals surface area contributed by atoms with Gasteiger partial charge in [-0.2, -0.15) is 0 Å². The number of ether oxygens (including phenoxy) is 1. The zero-order valence-corrected chi connectivity index (χ0v) is 9.22. The maximum atomic E-state index is 11.7. The Hall–Kier alpha value is -0.610. The van der Waals surface area contributed by atoms with Crippen LogP contribution < -0.4 is 11.1 Å². The number of carbonyl (C=O) groups is 1. The van der Waals surface area contributed by atoms with Crippen LogP contribution in [-0.2, 0) is 9.53 Å². The molecule has 1 rings (SSSR count). The van der Waals surface area contributed by atoms with Gasteiger partial charge in [-0.1, -0.05) is 0 Å². The number of nitrogens with one attached hydrogen (secondary N) is 1. The molecule has 0 radical (unpaired) electrons. The zero-order valence-electron chi connectivity index (χ0n) is 9.22. The highest BCUT2D eigenvalue weighted by atomic mass is 16.5. The molecule has 1 unspecified atom stereocenters. The van der Waals surface area contributed by atoms with Crippen molar-refractivity contribution in [1.29, 1.82) is 0 Å². The summed E-state index contributed by atoms with van der Waals surface area (Å²) < 4.78 is 5.41.